The Morgan fingerprint density at radius 2 is 1.88 bits per heavy atom. The summed E-state index contributed by atoms with van der Waals surface area (Å²) < 4.78 is 19.6. The third-order valence-electron chi connectivity index (χ3n) is 3.44. The summed E-state index contributed by atoms with van der Waals surface area (Å²) in [6.07, 6.45) is 0.0468. The Bertz CT molecular complexity index is 740. The number of benzene rings is 2. The van der Waals surface area contributed by atoms with Crippen molar-refractivity contribution in [3.8, 4) is 5.75 Å². The number of carbonyl (C=O) groups is 2. The molecule has 2 aromatic rings. The second-order valence-electron chi connectivity index (χ2n) is 5.38. The van der Waals surface area contributed by atoms with Crippen molar-refractivity contribution < 1.29 is 18.7 Å². The van der Waals surface area contributed by atoms with Gasteiger partial charge in [-0.25, -0.2) is 4.39 Å². The number of amides is 2. The molecular weight excluding hydrogens is 391 g/mol. The molecule has 0 aliphatic carbocycles. The maximum absolute atomic E-state index is 13.8. The maximum Gasteiger partial charge on any atom is 0.260 e. The van der Waals surface area contributed by atoms with E-state index in [1.165, 1.54) is 17.0 Å². The largest absolute Gasteiger partial charge is 0.481 e. The molecule has 5 nitrogen and oxygen atoms in total. The summed E-state index contributed by atoms with van der Waals surface area (Å²) in [7, 11) is 0. The number of nitrogens with zero attached hydrogens (tertiary/aromatic N) is 1. The van der Waals surface area contributed by atoms with Gasteiger partial charge in [0.25, 0.3) is 5.91 Å². The highest BCUT2D eigenvalue weighted by Crippen LogP contribution is 2.21. The van der Waals surface area contributed by atoms with Gasteiger partial charge in [-0.3, -0.25) is 9.59 Å². The lowest BCUT2D eigenvalue weighted by atomic mass is 10.2. The Kier molecular flexibility index (Phi) is 6.94. The van der Waals surface area contributed by atoms with E-state index >= 15 is 0 Å². The van der Waals surface area contributed by atoms with Gasteiger partial charge in [-0.2, -0.15) is 0 Å². The van der Waals surface area contributed by atoms with E-state index in [2.05, 4.69) is 15.9 Å². The SMILES string of the molecule is NC(=O)CCN(Cc1ccccc1)C(=O)COc1ccc(Br)cc1F. The van der Waals surface area contributed by atoms with Crippen LogP contribution in [0.4, 0.5) is 4.39 Å². The first kappa shape index (κ1) is 18.9. The Labute approximate surface area is 153 Å². The molecule has 0 bridgehead atoms. The van der Waals surface area contributed by atoms with Gasteiger partial charge in [0.2, 0.25) is 5.91 Å². The van der Waals surface area contributed by atoms with Gasteiger partial charge in [0.15, 0.2) is 18.2 Å². The van der Waals surface area contributed by atoms with Gasteiger partial charge in [0.05, 0.1) is 0 Å². The number of hydrogen-bond acceptors (Lipinski definition) is 3. The molecule has 0 unspecified atom stereocenters. The molecule has 2 amide bonds. The van der Waals surface area contributed by atoms with Crippen LogP contribution in [0.25, 0.3) is 0 Å². The van der Waals surface area contributed by atoms with Crippen LogP contribution in [0.1, 0.15) is 12.0 Å². The number of ether oxygens (including phenoxy) is 1. The smallest absolute Gasteiger partial charge is 0.260 e. The Balaban J connectivity index is 2.02. The highest BCUT2D eigenvalue weighted by molar-refractivity contribution is 9.10. The van der Waals surface area contributed by atoms with E-state index < -0.39 is 11.7 Å². The summed E-state index contributed by atoms with van der Waals surface area (Å²) in [4.78, 5) is 24.9. The molecule has 0 spiro atoms. The van der Waals surface area contributed by atoms with Gasteiger partial charge in [-0.1, -0.05) is 46.3 Å². The van der Waals surface area contributed by atoms with E-state index in [0.29, 0.717) is 11.0 Å². The van der Waals surface area contributed by atoms with Crippen molar-refractivity contribution in [3.05, 3.63) is 64.4 Å². The Morgan fingerprint density at radius 3 is 2.52 bits per heavy atom. The lowest BCUT2D eigenvalue weighted by molar-refractivity contribution is -0.134. The van der Waals surface area contributed by atoms with Crippen molar-refractivity contribution >= 4 is 27.7 Å². The number of rotatable bonds is 8. The maximum atomic E-state index is 13.8. The van der Waals surface area contributed by atoms with Crippen LogP contribution in [0, 0.1) is 5.82 Å². The fraction of sp³-hybridized carbons (Fsp3) is 0.222. The second kappa shape index (κ2) is 9.17. The number of primary amides is 1. The number of carbonyl (C=O) groups excluding carboxylic acids is 2. The molecule has 0 radical (unpaired) electrons. The summed E-state index contributed by atoms with van der Waals surface area (Å²) in [6, 6.07) is 13.7. The fourth-order valence-electron chi connectivity index (χ4n) is 2.16. The van der Waals surface area contributed by atoms with Crippen LogP contribution < -0.4 is 10.5 Å². The predicted molar refractivity (Wildman–Crippen MR) is 95.3 cm³/mol. The molecule has 0 atom stereocenters. The van der Waals surface area contributed by atoms with Gasteiger partial charge in [0.1, 0.15) is 0 Å². The summed E-state index contributed by atoms with van der Waals surface area (Å²) in [5.41, 5.74) is 6.08. The molecule has 2 rings (SSSR count). The average molecular weight is 409 g/mol. The third kappa shape index (κ3) is 6.19. The zero-order chi connectivity index (χ0) is 18.2. The minimum absolute atomic E-state index is 0.00823. The molecule has 132 valence electrons. The van der Waals surface area contributed by atoms with E-state index in [0.717, 1.165) is 5.56 Å². The first-order chi connectivity index (χ1) is 12.0. The van der Waals surface area contributed by atoms with Gasteiger partial charge < -0.3 is 15.4 Å². The van der Waals surface area contributed by atoms with E-state index in [-0.39, 0.29) is 31.2 Å². The van der Waals surface area contributed by atoms with Crippen LogP contribution in [-0.4, -0.2) is 29.9 Å². The molecule has 2 N–H and O–H groups in total. The Hall–Kier alpha value is -2.41. The van der Waals surface area contributed by atoms with Crippen molar-refractivity contribution in [2.75, 3.05) is 13.2 Å². The highest BCUT2D eigenvalue weighted by Gasteiger charge is 2.16. The lowest BCUT2D eigenvalue weighted by Gasteiger charge is -2.22. The molecule has 0 aliphatic heterocycles. The van der Waals surface area contributed by atoms with Gasteiger partial charge in [-0.05, 0) is 23.8 Å². The molecule has 0 fully saturated rings. The summed E-state index contributed by atoms with van der Waals surface area (Å²) in [5.74, 6) is -1.42. The van der Waals surface area contributed by atoms with Crippen molar-refractivity contribution in [1.29, 1.82) is 0 Å². The molecule has 0 saturated heterocycles. The molecule has 2 aromatic carbocycles. The normalized spacial score (nSPS) is 10.3. The Morgan fingerprint density at radius 1 is 1.16 bits per heavy atom. The van der Waals surface area contributed by atoms with Crippen molar-refractivity contribution in [3.63, 3.8) is 0 Å². The van der Waals surface area contributed by atoms with Crippen LogP contribution in [0.5, 0.6) is 5.75 Å². The number of hydrogen-bond donors (Lipinski definition) is 1. The summed E-state index contributed by atoms with van der Waals surface area (Å²) in [6.45, 7) is 0.165. The predicted octanol–water partition coefficient (Wildman–Crippen LogP) is 2.87. The first-order valence-electron chi connectivity index (χ1n) is 7.63. The minimum Gasteiger partial charge on any atom is -0.481 e. The molecule has 25 heavy (non-hydrogen) atoms. The monoisotopic (exact) mass is 408 g/mol. The van der Waals surface area contributed by atoms with Crippen LogP contribution >= 0.6 is 15.9 Å². The zero-order valence-electron chi connectivity index (χ0n) is 13.5. The molecule has 0 saturated carbocycles. The average Bonchev–Trinajstić information content (AvgIpc) is 2.58. The quantitative estimate of drug-likeness (QED) is 0.729. The van der Waals surface area contributed by atoms with Crippen molar-refractivity contribution in [1.82, 2.24) is 4.90 Å². The van der Waals surface area contributed by atoms with E-state index in [9.17, 15) is 14.0 Å². The van der Waals surface area contributed by atoms with Gasteiger partial charge in [-0.15, -0.1) is 0 Å². The van der Waals surface area contributed by atoms with Crippen molar-refractivity contribution in [2.24, 2.45) is 5.73 Å². The van der Waals surface area contributed by atoms with Gasteiger partial charge in [0, 0.05) is 24.0 Å². The third-order valence-corrected chi connectivity index (χ3v) is 3.94. The molecule has 0 aliphatic rings. The molecular formula is C18H18BrFN2O3. The van der Waals surface area contributed by atoms with Crippen molar-refractivity contribution in [2.45, 2.75) is 13.0 Å². The first-order valence-corrected chi connectivity index (χ1v) is 8.43. The topological polar surface area (TPSA) is 72.6 Å². The standard InChI is InChI=1S/C18H18BrFN2O3/c19-14-6-7-16(15(20)10-14)25-12-18(24)22(9-8-17(21)23)11-13-4-2-1-3-5-13/h1-7,10H,8-9,11-12H2,(H2,21,23). The second-order valence-corrected chi connectivity index (χ2v) is 6.30. The molecule has 0 heterocycles. The molecule has 7 heteroatoms. The zero-order valence-corrected chi connectivity index (χ0v) is 15.0. The van der Waals surface area contributed by atoms with E-state index in [4.69, 9.17) is 10.5 Å². The lowest BCUT2D eigenvalue weighted by Crippen LogP contribution is -2.36. The summed E-state index contributed by atoms with van der Waals surface area (Å²) >= 11 is 3.16. The molecule has 0 aromatic heterocycles. The highest BCUT2D eigenvalue weighted by atomic mass is 79.9. The van der Waals surface area contributed by atoms with Crippen LogP contribution in [0.2, 0.25) is 0 Å². The van der Waals surface area contributed by atoms with E-state index in [1.807, 2.05) is 30.3 Å². The van der Waals surface area contributed by atoms with Gasteiger partial charge >= 0.3 is 0 Å². The van der Waals surface area contributed by atoms with Crippen LogP contribution in [0.3, 0.4) is 0 Å². The minimum atomic E-state index is -0.561. The number of nitrogens with two attached hydrogens (primary N) is 1. The number of halogens is 2. The summed E-state index contributed by atoms with van der Waals surface area (Å²) in [5, 5.41) is 0. The van der Waals surface area contributed by atoms with Crippen LogP contribution in [-0.2, 0) is 16.1 Å². The fourth-order valence-corrected chi connectivity index (χ4v) is 2.50. The van der Waals surface area contributed by atoms with E-state index in [1.54, 1.807) is 6.07 Å². The van der Waals surface area contributed by atoms with Crippen LogP contribution in [0.15, 0.2) is 53.0 Å².